The van der Waals surface area contributed by atoms with E-state index in [1.54, 1.807) is 0 Å². The molecule has 3 rings (SSSR count). The lowest BCUT2D eigenvalue weighted by atomic mass is 10.0. The van der Waals surface area contributed by atoms with Crippen molar-refractivity contribution in [2.75, 3.05) is 32.1 Å². The number of hydrogen-bond acceptors (Lipinski definition) is 6. The third kappa shape index (κ3) is 5.64. The van der Waals surface area contributed by atoms with Crippen molar-refractivity contribution in [1.29, 1.82) is 0 Å². The molecule has 1 saturated heterocycles. The van der Waals surface area contributed by atoms with Gasteiger partial charge < -0.3 is 10.1 Å². The summed E-state index contributed by atoms with van der Waals surface area (Å²) >= 11 is 1.48. The molecule has 1 aliphatic heterocycles. The van der Waals surface area contributed by atoms with Gasteiger partial charge in [0.15, 0.2) is 0 Å². The van der Waals surface area contributed by atoms with Crippen LogP contribution in [0.1, 0.15) is 33.0 Å². The van der Waals surface area contributed by atoms with Crippen LogP contribution in [0, 0.1) is 0 Å². The molecule has 2 heterocycles. The fourth-order valence-corrected chi connectivity index (χ4v) is 3.71. The number of amides is 1. The van der Waals surface area contributed by atoms with Crippen molar-refractivity contribution < 1.29 is 9.53 Å². The summed E-state index contributed by atoms with van der Waals surface area (Å²) in [5.74, 6) is 1.18. The minimum Gasteiger partial charge on any atom is -0.379 e. The highest BCUT2D eigenvalue weighted by atomic mass is 32.2. The number of nitrogens with zero attached hydrogens (tertiary/aromatic N) is 3. The Bertz CT molecular complexity index is 791. The number of rotatable bonds is 7. The summed E-state index contributed by atoms with van der Waals surface area (Å²) < 4.78 is 5.41. The molecule has 1 amide bonds. The summed E-state index contributed by atoms with van der Waals surface area (Å²) in [6.07, 6.45) is 0.892. The Kier molecular flexibility index (Phi) is 6.68. The number of carbonyl (C=O) groups excluding carboxylic acids is 1. The molecule has 146 valence electrons. The average Bonchev–Trinajstić information content (AvgIpc) is 2.66. The fraction of sp³-hybridized carbons (Fsp3) is 0.550. The Morgan fingerprint density at radius 1 is 1.26 bits per heavy atom. The highest BCUT2D eigenvalue weighted by molar-refractivity contribution is 8.00. The SMILES string of the molecule is CCC(C)(C)NC(=O)CSc1nc(CN2CCOCC2)nc2ccccc12. The van der Waals surface area contributed by atoms with Crippen LogP contribution >= 0.6 is 11.8 Å². The molecule has 0 atom stereocenters. The van der Waals surface area contributed by atoms with E-state index in [0.717, 1.165) is 54.5 Å². The zero-order valence-corrected chi connectivity index (χ0v) is 17.1. The van der Waals surface area contributed by atoms with Crippen LogP contribution < -0.4 is 5.32 Å². The standard InChI is InChI=1S/C20H28N4O2S/c1-4-20(2,3)23-18(25)14-27-19-15-7-5-6-8-16(15)21-17(22-19)13-24-9-11-26-12-10-24/h5-8H,4,9-14H2,1-3H3,(H,23,25). The molecule has 1 aromatic carbocycles. The van der Waals surface area contributed by atoms with Crippen LogP contribution in [0.25, 0.3) is 10.9 Å². The molecule has 2 aromatic rings. The first-order chi connectivity index (χ1) is 13.0. The molecule has 0 unspecified atom stereocenters. The first-order valence-corrected chi connectivity index (χ1v) is 10.4. The molecule has 1 aromatic heterocycles. The summed E-state index contributed by atoms with van der Waals surface area (Å²) in [7, 11) is 0. The normalized spacial score (nSPS) is 15.8. The number of morpholine rings is 1. The van der Waals surface area contributed by atoms with E-state index in [-0.39, 0.29) is 11.4 Å². The van der Waals surface area contributed by atoms with Gasteiger partial charge in [-0.3, -0.25) is 9.69 Å². The topological polar surface area (TPSA) is 67.4 Å². The Morgan fingerprint density at radius 3 is 2.74 bits per heavy atom. The molecule has 6 nitrogen and oxygen atoms in total. The zero-order chi connectivity index (χ0) is 19.3. The third-order valence-electron chi connectivity index (χ3n) is 4.78. The van der Waals surface area contributed by atoms with Crippen molar-refractivity contribution in [3.8, 4) is 0 Å². The second-order valence-electron chi connectivity index (χ2n) is 7.42. The van der Waals surface area contributed by atoms with Crippen LogP contribution in [0.5, 0.6) is 0 Å². The number of carbonyl (C=O) groups is 1. The van der Waals surface area contributed by atoms with Gasteiger partial charge in [0.05, 0.1) is 31.0 Å². The maximum absolute atomic E-state index is 12.3. The van der Waals surface area contributed by atoms with Gasteiger partial charge in [-0.25, -0.2) is 9.97 Å². The first-order valence-electron chi connectivity index (χ1n) is 9.46. The van der Waals surface area contributed by atoms with E-state index in [4.69, 9.17) is 14.7 Å². The van der Waals surface area contributed by atoms with Crippen molar-refractivity contribution in [3.05, 3.63) is 30.1 Å². The monoisotopic (exact) mass is 388 g/mol. The van der Waals surface area contributed by atoms with Crippen LogP contribution in [0.2, 0.25) is 0 Å². The zero-order valence-electron chi connectivity index (χ0n) is 16.3. The van der Waals surface area contributed by atoms with Crippen molar-refractivity contribution >= 4 is 28.6 Å². The minimum absolute atomic E-state index is 0.0317. The molecule has 1 aliphatic rings. The Labute approximate surface area is 165 Å². The highest BCUT2D eigenvalue weighted by Crippen LogP contribution is 2.26. The Morgan fingerprint density at radius 2 is 2.00 bits per heavy atom. The number of benzene rings is 1. The first kappa shape index (κ1) is 20.0. The van der Waals surface area contributed by atoms with Gasteiger partial charge in [0.25, 0.3) is 0 Å². The average molecular weight is 389 g/mol. The molecule has 0 aliphatic carbocycles. The number of ether oxygens (including phenoxy) is 1. The van der Waals surface area contributed by atoms with Gasteiger partial charge in [-0.15, -0.1) is 0 Å². The fourth-order valence-electron chi connectivity index (χ4n) is 2.87. The van der Waals surface area contributed by atoms with Gasteiger partial charge in [0.1, 0.15) is 10.9 Å². The van der Waals surface area contributed by atoms with E-state index in [1.807, 2.05) is 38.1 Å². The molecule has 0 saturated carbocycles. The number of hydrogen-bond donors (Lipinski definition) is 1. The minimum atomic E-state index is -0.188. The van der Waals surface area contributed by atoms with E-state index < -0.39 is 0 Å². The smallest absolute Gasteiger partial charge is 0.230 e. The second-order valence-corrected chi connectivity index (χ2v) is 8.39. The van der Waals surface area contributed by atoms with Crippen molar-refractivity contribution in [1.82, 2.24) is 20.2 Å². The van der Waals surface area contributed by atoms with Crippen LogP contribution in [0.4, 0.5) is 0 Å². The molecule has 1 fully saturated rings. The third-order valence-corrected chi connectivity index (χ3v) is 5.78. The van der Waals surface area contributed by atoms with Crippen molar-refractivity contribution in [3.63, 3.8) is 0 Å². The summed E-state index contributed by atoms with van der Waals surface area (Å²) in [6.45, 7) is 10.2. The van der Waals surface area contributed by atoms with Crippen molar-refractivity contribution in [2.24, 2.45) is 0 Å². The van der Waals surface area contributed by atoms with Gasteiger partial charge in [0, 0.05) is 24.0 Å². The van der Waals surface area contributed by atoms with Crippen LogP contribution in [0.3, 0.4) is 0 Å². The van der Waals surface area contributed by atoms with Gasteiger partial charge in [-0.2, -0.15) is 0 Å². The number of nitrogens with one attached hydrogen (secondary N) is 1. The lowest BCUT2D eigenvalue weighted by Gasteiger charge is -2.26. The molecule has 27 heavy (non-hydrogen) atoms. The summed E-state index contributed by atoms with van der Waals surface area (Å²) in [5, 5.41) is 4.94. The van der Waals surface area contributed by atoms with Gasteiger partial charge in [-0.1, -0.05) is 36.9 Å². The molecule has 0 bridgehead atoms. The van der Waals surface area contributed by atoms with E-state index in [9.17, 15) is 4.79 Å². The maximum atomic E-state index is 12.3. The number of para-hydroxylation sites is 1. The maximum Gasteiger partial charge on any atom is 0.230 e. The summed E-state index contributed by atoms with van der Waals surface area (Å²) in [4.78, 5) is 24.1. The largest absolute Gasteiger partial charge is 0.379 e. The lowest BCUT2D eigenvalue weighted by molar-refractivity contribution is -0.120. The molecular weight excluding hydrogens is 360 g/mol. The van der Waals surface area contributed by atoms with Gasteiger partial charge >= 0.3 is 0 Å². The molecule has 0 spiro atoms. The van der Waals surface area contributed by atoms with E-state index in [2.05, 4.69) is 17.1 Å². The molecule has 0 radical (unpaired) electrons. The van der Waals surface area contributed by atoms with E-state index >= 15 is 0 Å². The Hall–Kier alpha value is -1.70. The number of thioether (sulfide) groups is 1. The van der Waals surface area contributed by atoms with Crippen LogP contribution in [0.15, 0.2) is 29.3 Å². The quantitative estimate of drug-likeness (QED) is 0.581. The lowest BCUT2D eigenvalue weighted by Crippen LogP contribution is -2.43. The van der Waals surface area contributed by atoms with Gasteiger partial charge in [0.2, 0.25) is 5.91 Å². The van der Waals surface area contributed by atoms with Crippen LogP contribution in [-0.2, 0) is 16.1 Å². The van der Waals surface area contributed by atoms with Crippen LogP contribution in [-0.4, -0.2) is 58.4 Å². The number of fused-ring (bicyclic) bond motifs is 1. The molecular formula is C20H28N4O2S. The highest BCUT2D eigenvalue weighted by Gasteiger charge is 2.19. The number of aromatic nitrogens is 2. The predicted octanol–water partition coefficient (Wildman–Crippen LogP) is 2.86. The second kappa shape index (κ2) is 8.99. The predicted molar refractivity (Wildman–Crippen MR) is 109 cm³/mol. The van der Waals surface area contributed by atoms with Gasteiger partial charge in [-0.05, 0) is 26.3 Å². The Balaban J connectivity index is 1.75. The summed E-state index contributed by atoms with van der Waals surface area (Å²) in [5.41, 5.74) is 0.736. The van der Waals surface area contributed by atoms with E-state index in [1.165, 1.54) is 11.8 Å². The van der Waals surface area contributed by atoms with Crippen molar-refractivity contribution in [2.45, 2.75) is 44.3 Å². The van der Waals surface area contributed by atoms with E-state index in [0.29, 0.717) is 12.3 Å². The molecule has 7 heteroatoms. The molecule has 1 N–H and O–H groups in total. The summed E-state index contributed by atoms with van der Waals surface area (Å²) in [6, 6.07) is 7.99.